The Morgan fingerprint density at radius 1 is 1.15 bits per heavy atom. The number of ketones is 1. The van der Waals surface area contributed by atoms with E-state index in [9.17, 15) is 4.79 Å². The molecule has 0 aliphatic carbocycles. The van der Waals surface area contributed by atoms with Crippen molar-refractivity contribution in [1.82, 2.24) is 0 Å². The third-order valence-electron chi connectivity index (χ3n) is 4.35. The van der Waals surface area contributed by atoms with Crippen LogP contribution in [0.1, 0.15) is 40.5 Å². The fourth-order valence-electron chi connectivity index (χ4n) is 3.30. The second-order valence-electron chi connectivity index (χ2n) is 4.69. The van der Waals surface area contributed by atoms with E-state index in [1.165, 1.54) is 10.5 Å². The van der Waals surface area contributed by atoms with Crippen LogP contribution >= 0.6 is 0 Å². The Kier molecular flexibility index (Phi) is 3.61. The van der Waals surface area contributed by atoms with Crippen molar-refractivity contribution in [2.45, 2.75) is 60.5 Å². The Bertz CT molecular complexity index is 180. The van der Waals surface area contributed by atoms with Crippen LogP contribution in [0.3, 0.4) is 0 Å². The minimum atomic E-state index is -1.64. The van der Waals surface area contributed by atoms with Gasteiger partial charge in [-0.1, -0.05) is 0 Å². The van der Waals surface area contributed by atoms with E-state index in [-0.39, 0.29) is 0 Å². The maximum atomic E-state index is 11.4. The van der Waals surface area contributed by atoms with Crippen molar-refractivity contribution in [2.75, 3.05) is 0 Å². The van der Waals surface area contributed by atoms with Crippen molar-refractivity contribution in [3.63, 3.8) is 0 Å². The Labute approximate surface area is 84.6 Å². The summed E-state index contributed by atoms with van der Waals surface area (Å²) in [6.07, 6.45) is 1.79. The molecule has 2 atom stereocenters. The van der Waals surface area contributed by atoms with Gasteiger partial charge in [0.05, 0.1) is 0 Å². The molecular weight excluding hydrogens is 221 g/mol. The molecule has 76 valence electrons. The summed E-state index contributed by atoms with van der Waals surface area (Å²) >= 11 is -1.64. The zero-order chi connectivity index (χ0) is 10.1. The van der Waals surface area contributed by atoms with E-state index >= 15 is 0 Å². The average molecular weight is 243 g/mol. The average Bonchev–Trinajstić information content (AvgIpc) is 2.05. The van der Waals surface area contributed by atoms with Crippen molar-refractivity contribution in [1.29, 1.82) is 0 Å². The quantitative estimate of drug-likeness (QED) is 0.677. The van der Waals surface area contributed by atoms with Gasteiger partial charge in [-0.25, -0.2) is 0 Å². The number of carbonyl (C=O) groups excluding carboxylic acids is 1. The van der Waals surface area contributed by atoms with E-state index in [1.54, 1.807) is 0 Å². The summed E-state index contributed by atoms with van der Waals surface area (Å²) in [6, 6.07) is 0. The number of hydrogen-bond acceptors (Lipinski definition) is 1. The zero-order valence-corrected chi connectivity index (χ0v) is 11.5. The predicted molar refractivity (Wildman–Crippen MR) is 59.8 cm³/mol. The van der Waals surface area contributed by atoms with Gasteiger partial charge in [0.15, 0.2) is 0 Å². The molecule has 1 saturated heterocycles. The van der Waals surface area contributed by atoms with Gasteiger partial charge < -0.3 is 0 Å². The van der Waals surface area contributed by atoms with Crippen LogP contribution in [-0.4, -0.2) is 19.0 Å². The first-order valence-corrected chi connectivity index (χ1v) is 11.0. The van der Waals surface area contributed by atoms with Gasteiger partial charge in [-0.15, -0.1) is 0 Å². The fourth-order valence-corrected chi connectivity index (χ4v) is 14.9. The standard InChI is InChI=1S/C11H22GeO/c1-5-12(6-2)9(3)7-11(13)8-10(12)4/h9-10H,5-8H2,1-4H3/t9-,10+. The topological polar surface area (TPSA) is 17.1 Å². The third-order valence-corrected chi connectivity index (χ3v) is 19.0. The molecular formula is C11H22GeO. The van der Waals surface area contributed by atoms with Crippen molar-refractivity contribution in [3.8, 4) is 0 Å². The van der Waals surface area contributed by atoms with E-state index in [1.807, 2.05) is 0 Å². The molecule has 0 bridgehead atoms. The van der Waals surface area contributed by atoms with Gasteiger partial charge in [-0.05, 0) is 0 Å². The molecule has 1 aliphatic rings. The van der Waals surface area contributed by atoms with Crippen molar-refractivity contribution in [2.24, 2.45) is 0 Å². The summed E-state index contributed by atoms with van der Waals surface area (Å²) in [5.41, 5.74) is 0. The molecule has 0 aromatic heterocycles. The summed E-state index contributed by atoms with van der Waals surface area (Å²) < 4.78 is 1.54. The molecule has 1 aliphatic heterocycles. The summed E-state index contributed by atoms with van der Waals surface area (Å²) in [7, 11) is 0. The van der Waals surface area contributed by atoms with Crippen LogP contribution in [0.4, 0.5) is 0 Å². The van der Waals surface area contributed by atoms with Gasteiger partial charge in [-0.3, -0.25) is 0 Å². The predicted octanol–water partition coefficient (Wildman–Crippen LogP) is 3.62. The zero-order valence-electron chi connectivity index (χ0n) is 9.39. The first-order chi connectivity index (χ1) is 6.06. The van der Waals surface area contributed by atoms with Crippen LogP contribution in [0.25, 0.3) is 0 Å². The monoisotopic (exact) mass is 244 g/mol. The van der Waals surface area contributed by atoms with Gasteiger partial charge in [-0.2, -0.15) is 0 Å². The molecule has 1 rings (SSSR count). The third kappa shape index (κ3) is 1.85. The summed E-state index contributed by atoms with van der Waals surface area (Å²) in [6.45, 7) is 9.37. The molecule has 0 saturated carbocycles. The number of carbonyl (C=O) groups is 1. The Morgan fingerprint density at radius 2 is 1.54 bits per heavy atom. The number of hydrogen-bond donors (Lipinski definition) is 0. The van der Waals surface area contributed by atoms with Crippen molar-refractivity contribution >= 4 is 19.0 Å². The van der Waals surface area contributed by atoms with E-state index < -0.39 is 13.3 Å². The first kappa shape index (κ1) is 11.3. The Balaban J connectivity index is 2.87. The van der Waals surface area contributed by atoms with Gasteiger partial charge in [0.25, 0.3) is 0 Å². The Hall–Kier alpha value is 0.213. The van der Waals surface area contributed by atoms with Gasteiger partial charge in [0.2, 0.25) is 0 Å². The van der Waals surface area contributed by atoms with Gasteiger partial charge in [0.1, 0.15) is 0 Å². The molecule has 0 aromatic rings. The van der Waals surface area contributed by atoms with Crippen LogP contribution in [0.15, 0.2) is 0 Å². The second-order valence-corrected chi connectivity index (χ2v) is 17.0. The molecule has 0 unspecified atom stereocenters. The van der Waals surface area contributed by atoms with Gasteiger partial charge in [0, 0.05) is 0 Å². The normalized spacial score (nSPS) is 33.4. The summed E-state index contributed by atoms with van der Waals surface area (Å²) in [4.78, 5) is 11.4. The van der Waals surface area contributed by atoms with Crippen molar-refractivity contribution < 1.29 is 4.79 Å². The van der Waals surface area contributed by atoms with E-state index in [2.05, 4.69) is 27.7 Å². The van der Waals surface area contributed by atoms with Crippen LogP contribution in [-0.2, 0) is 4.79 Å². The molecule has 0 radical (unpaired) electrons. The second kappa shape index (κ2) is 4.16. The molecule has 2 heteroatoms. The summed E-state index contributed by atoms with van der Waals surface area (Å²) in [5, 5.41) is 2.82. The van der Waals surface area contributed by atoms with Crippen LogP contribution in [0, 0.1) is 0 Å². The minimum absolute atomic E-state index is 0.517. The van der Waals surface area contributed by atoms with Crippen LogP contribution in [0.2, 0.25) is 20.0 Å². The van der Waals surface area contributed by atoms with Crippen LogP contribution in [0.5, 0.6) is 0 Å². The molecule has 1 nitrogen and oxygen atoms in total. The maximum absolute atomic E-state index is 11.4. The first-order valence-electron chi connectivity index (χ1n) is 5.58. The van der Waals surface area contributed by atoms with Crippen molar-refractivity contribution in [3.05, 3.63) is 0 Å². The van der Waals surface area contributed by atoms with Crippen LogP contribution < -0.4 is 0 Å². The number of Topliss-reactive ketones (excluding diaryl/α,β-unsaturated/α-hetero) is 1. The molecule has 0 spiro atoms. The van der Waals surface area contributed by atoms with Gasteiger partial charge >= 0.3 is 84.4 Å². The molecule has 0 aromatic carbocycles. The summed E-state index contributed by atoms with van der Waals surface area (Å²) in [5.74, 6) is 0.517. The van der Waals surface area contributed by atoms with E-state index in [4.69, 9.17) is 0 Å². The molecule has 1 fully saturated rings. The molecule has 0 amide bonds. The fraction of sp³-hybridized carbons (Fsp3) is 0.909. The molecule has 0 N–H and O–H groups in total. The van der Waals surface area contributed by atoms with E-state index in [0.29, 0.717) is 5.78 Å². The van der Waals surface area contributed by atoms with E-state index in [0.717, 1.165) is 22.3 Å². The molecule has 13 heavy (non-hydrogen) atoms. The number of rotatable bonds is 2. The SMILES string of the molecule is C[CH2][Ge]1([CH2]C)[C@H](C)CC(=O)C[C@@H]1C. The molecule has 1 heterocycles. The Morgan fingerprint density at radius 3 is 1.85 bits per heavy atom.